The molecule has 0 heterocycles. The monoisotopic (exact) mass is 284 g/mol. The molecule has 1 aromatic carbocycles. The average Bonchev–Trinajstić information content (AvgIpc) is 2.53. The molecule has 0 aliphatic carbocycles. The van der Waals surface area contributed by atoms with E-state index in [4.69, 9.17) is 9.47 Å². The number of ether oxygens (including phenoxy) is 2. The van der Waals surface area contributed by atoms with Crippen molar-refractivity contribution in [2.24, 2.45) is 0 Å². The third-order valence-electron chi connectivity index (χ3n) is 3.24. The predicted molar refractivity (Wildman–Crippen MR) is 89.2 cm³/mol. The molecule has 0 aliphatic heterocycles. The highest BCUT2D eigenvalue weighted by Gasteiger charge is 2.39. The van der Waals surface area contributed by atoms with Crippen molar-refractivity contribution in [2.45, 2.75) is 18.1 Å². The summed E-state index contributed by atoms with van der Waals surface area (Å²) in [4.78, 5) is 0. The molecule has 0 N–H and O–H groups in total. The fourth-order valence-corrected chi connectivity index (χ4v) is 2.33. The Morgan fingerprint density at radius 1 is 0.952 bits per heavy atom. The fraction of sp³-hybridized carbons (Fsp3) is 0.263. The molecule has 0 bridgehead atoms. The van der Waals surface area contributed by atoms with Crippen LogP contribution in [0.2, 0.25) is 0 Å². The highest BCUT2D eigenvalue weighted by atomic mass is 16.5. The third kappa shape index (κ3) is 4.28. The van der Waals surface area contributed by atoms with E-state index in [1.807, 2.05) is 36.4 Å². The summed E-state index contributed by atoms with van der Waals surface area (Å²) in [6.07, 6.45) is 7.35. The summed E-state index contributed by atoms with van der Waals surface area (Å²) < 4.78 is 12.0. The van der Waals surface area contributed by atoms with Crippen LogP contribution in [0.15, 0.2) is 81.0 Å². The van der Waals surface area contributed by atoms with Gasteiger partial charge in [0.25, 0.3) is 0 Å². The maximum atomic E-state index is 6.14. The smallest absolute Gasteiger partial charge is 0.127 e. The molecule has 1 rings (SSSR count). The quantitative estimate of drug-likeness (QED) is 0.560. The van der Waals surface area contributed by atoms with E-state index >= 15 is 0 Å². The number of rotatable bonds is 11. The molecule has 0 radical (unpaired) electrons. The second kappa shape index (κ2) is 9.11. The van der Waals surface area contributed by atoms with Crippen LogP contribution in [-0.4, -0.2) is 19.3 Å². The Kier molecular flexibility index (Phi) is 7.44. The van der Waals surface area contributed by atoms with Crippen molar-refractivity contribution in [3.05, 3.63) is 86.5 Å². The Morgan fingerprint density at radius 3 is 2.14 bits per heavy atom. The molecule has 2 heteroatoms. The molecule has 0 saturated carbocycles. The third-order valence-corrected chi connectivity index (χ3v) is 3.24. The zero-order valence-corrected chi connectivity index (χ0v) is 12.5. The van der Waals surface area contributed by atoms with Crippen LogP contribution in [0.1, 0.15) is 12.0 Å². The van der Waals surface area contributed by atoms with Gasteiger partial charge < -0.3 is 9.47 Å². The van der Waals surface area contributed by atoms with Gasteiger partial charge in [-0.15, -0.1) is 26.3 Å². The van der Waals surface area contributed by atoms with E-state index in [2.05, 4.69) is 26.3 Å². The molecule has 21 heavy (non-hydrogen) atoms. The summed E-state index contributed by atoms with van der Waals surface area (Å²) in [5.41, 5.74) is 0.364. The zero-order chi connectivity index (χ0) is 15.6. The lowest BCUT2D eigenvalue weighted by atomic mass is 9.84. The number of benzene rings is 1. The Bertz CT molecular complexity index is 464. The van der Waals surface area contributed by atoms with Crippen LogP contribution in [0.4, 0.5) is 0 Å². The van der Waals surface area contributed by atoms with Crippen molar-refractivity contribution < 1.29 is 9.47 Å². The Morgan fingerprint density at radius 2 is 1.62 bits per heavy atom. The second-order valence-corrected chi connectivity index (χ2v) is 4.63. The minimum atomic E-state index is -0.665. The molecule has 0 fully saturated rings. The van der Waals surface area contributed by atoms with Crippen molar-refractivity contribution >= 4 is 0 Å². The highest BCUT2D eigenvalue weighted by Crippen LogP contribution is 2.36. The molecule has 0 spiro atoms. The van der Waals surface area contributed by atoms with Gasteiger partial charge in [-0.05, 0) is 5.56 Å². The Balaban J connectivity index is 3.27. The minimum Gasteiger partial charge on any atom is -0.367 e. The van der Waals surface area contributed by atoms with Gasteiger partial charge in [0, 0.05) is 6.42 Å². The summed E-state index contributed by atoms with van der Waals surface area (Å²) in [6, 6.07) is 10.0. The minimum absolute atomic E-state index is 0.309. The topological polar surface area (TPSA) is 18.5 Å². The molecular formula is C19H24O2. The maximum Gasteiger partial charge on any atom is 0.127 e. The van der Waals surface area contributed by atoms with Gasteiger partial charge >= 0.3 is 0 Å². The Labute approximate surface area is 128 Å². The molecule has 0 aliphatic rings. The van der Waals surface area contributed by atoms with Crippen LogP contribution >= 0.6 is 0 Å². The zero-order valence-electron chi connectivity index (χ0n) is 12.5. The van der Waals surface area contributed by atoms with E-state index in [9.17, 15) is 0 Å². The normalized spacial score (nSPS) is 14.7. The standard InChI is InChI=1S/C19H24O2/c1-5-14-19(21-16-7-3,17-12-10-9-11-13-17)18(8-4)20-15-6-2/h5-13,18H,1-4,14-16H2/t18-,19+/m0/s1. The fourth-order valence-electron chi connectivity index (χ4n) is 2.33. The van der Waals surface area contributed by atoms with Crippen molar-refractivity contribution in [1.82, 2.24) is 0 Å². The van der Waals surface area contributed by atoms with Gasteiger partial charge in [-0.2, -0.15) is 0 Å². The molecule has 0 unspecified atom stereocenters. The first-order chi connectivity index (χ1) is 10.2. The van der Waals surface area contributed by atoms with Gasteiger partial charge in [-0.3, -0.25) is 0 Å². The first-order valence-electron chi connectivity index (χ1n) is 7.01. The molecule has 112 valence electrons. The Hall–Kier alpha value is -1.90. The first kappa shape index (κ1) is 17.2. The largest absolute Gasteiger partial charge is 0.367 e. The van der Waals surface area contributed by atoms with Crippen LogP contribution in [0.3, 0.4) is 0 Å². The first-order valence-corrected chi connectivity index (χ1v) is 7.01. The SMILES string of the molecule is C=CCO[C@@H](C=C)[C@](CC=C)(OCC=C)c1ccccc1. The van der Waals surface area contributed by atoms with Crippen molar-refractivity contribution in [2.75, 3.05) is 13.2 Å². The van der Waals surface area contributed by atoms with Crippen LogP contribution in [0.25, 0.3) is 0 Å². The van der Waals surface area contributed by atoms with Gasteiger partial charge in [0.15, 0.2) is 0 Å². The maximum absolute atomic E-state index is 6.14. The van der Waals surface area contributed by atoms with E-state index < -0.39 is 5.60 Å². The molecule has 0 aromatic heterocycles. The molecule has 0 amide bonds. The van der Waals surface area contributed by atoms with E-state index in [-0.39, 0.29) is 6.10 Å². The number of hydrogen-bond acceptors (Lipinski definition) is 2. The summed E-state index contributed by atoms with van der Waals surface area (Å²) in [6.45, 7) is 16.0. The van der Waals surface area contributed by atoms with Crippen molar-refractivity contribution in [3.63, 3.8) is 0 Å². The van der Waals surface area contributed by atoms with Crippen molar-refractivity contribution in [3.8, 4) is 0 Å². The van der Waals surface area contributed by atoms with Gasteiger partial charge in [-0.25, -0.2) is 0 Å². The van der Waals surface area contributed by atoms with Gasteiger partial charge in [0.2, 0.25) is 0 Å². The number of hydrogen-bond donors (Lipinski definition) is 0. The van der Waals surface area contributed by atoms with E-state index in [0.29, 0.717) is 19.6 Å². The lowest BCUT2D eigenvalue weighted by molar-refractivity contribution is -0.121. The average molecular weight is 284 g/mol. The van der Waals surface area contributed by atoms with Crippen LogP contribution < -0.4 is 0 Å². The van der Waals surface area contributed by atoms with E-state index in [0.717, 1.165) is 5.56 Å². The lowest BCUT2D eigenvalue weighted by Crippen LogP contribution is -2.42. The molecule has 2 atom stereocenters. The van der Waals surface area contributed by atoms with E-state index in [1.165, 1.54) is 0 Å². The van der Waals surface area contributed by atoms with Crippen LogP contribution in [0.5, 0.6) is 0 Å². The molecule has 0 saturated heterocycles. The summed E-state index contributed by atoms with van der Waals surface area (Å²) in [5.74, 6) is 0. The van der Waals surface area contributed by atoms with Gasteiger partial charge in [-0.1, -0.05) is 54.6 Å². The highest BCUT2D eigenvalue weighted by molar-refractivity contribution is 5.27. The summed E-state index contributed by atoms with van der Waals surface area (Å²) in [7, 11) is 0. The van der Waals surface area contributed by atoms with Gasteiger partial charge in [0.05, 0.1) is 13.2 Å². The lowest BCUT2D eigenvalue weighted by Gasteiger charge is -2.38. The van der Waals surface area contributed by atoms with E-state index in [1.54, 1.807) is 18.2 Å². The second-order valence-electron chi connectivity index (χ2n) is 4.63. The van der Waals surface area contributed by atoms with Crippen molar-refractivity contribution in [1.29, 1.82) is 0 Å². The summed E-state index contributed by atoms with van der Waals surface area (Å²) in [5, 5.41) is 0. The molecule has 1 aromatic rings. The van der Waals surface area contributed by atoms with Gasteiger partial charge in [0.1, 0.15) is 11.7 Å². The van der Waals surface area contributed by atoms with Crippen LogP contribution in [0, 0.1) is 0 Å². The molecule has 2 nitrogen and oxygen atoms in total. The van der Waals surface area contributed by atoms with Crippen LogP contribution in [-0.2, 0) is 15.1 Å². The summed E-state index contributed by atoms with van der Waals surface area (Å²) >= 11 is 0. The predicted octanol–water partition coefficient (Wildman–Crippen LogP) is 4.42. The molecular weight excluding hydrogens is 260 g/mol.